The highest BCUT2D eigenvalue weighted by Crippen LogP contribution is 2.32. The molecule has 4 nitrogen and oxygen atoms in total. The highest BCUT2D eigenvalue weighted by Gasteiger charge is 2.06. The Labute approximate surface area is 87.7 Å². The molecule has 15 heavy (non-hydrogen) atoms. The molecule has 0 saturated heterocycles. The van der Waals surface area contributed by atoms with Crippen molar-refractivity contribution >= 4 is 17.1 Å². The number of hydrogen-bond donors (Lipinski definition) is 3. The van der Waals surface area contributed by atoms with Crippen LogP contribution in [0.5, 0.6) is 0 Å². The summed E-state index contributed by atoms with van der Waals surface area (Å²) in [5.41, 5.74) is 20.8. The van der Waals surface area contributed by atoms with Crippen LogP contribution < -0.4 is 17.2 Å². The minimum Gasteiger partial charge on any atom is -0.399 e. The van der Waals surface area contributed by atoms with Crippen LogP contribution in [0.25, 0.3) is 11.1 Å². The molecule has 2 rings (SSSR count). The fourth-order valence-electron chi connectivity index (χ4n) is 1.47. The molecule has 0 fully saturated rings. The zero-order valence-electron chi connectivity index (χ0n) is 8.14. The molecule has 0 aliphatic rings. The van der Waals surface area contributed by atoms with Gasteiger partial charge in [0, 0.05) is 23.6 Å². The van der Waals surface area contributed by atoms with E-state index >= 15 is 0 Å². The van der Waals surface area contributed by atoms with Crippen LogP contribution >= 0.6 is 0 Å². The molecule has 0 spiro atoms. The highest BCUT2D eigenvalue weighted by atomic mass is 14.7. The molecule has 76 valence electrons. The molecule has 0 unspecified atom stereocenters. The molecule has 6 N–H and O–H groups in total. The third kappa shape index (κ3) is 1.69. The Balaban J connectivity index is 2.63. The highest BCUT2D eigenvalue weighted by molar-refractivity contribution is 5.87. The summed E-state index contributed by atoms with van der Waals surface area (Å²) in [6, 6.07) is 7.19. The molecule has 0 saturated carbocycles. The fraction of sp³-hybridized carbons (Fsp3) is 0. The van der Waals surface area contributed by atoms with E-state index < -0.39 is 0 Å². The van der Waals surface area contributed by atoms with Crippen LogP contribution in [-0.2, 0) is 0 Å². The molecule has 0 amide bonds. The van der Waals surface area contributed by atoms with E-state index in [4.69, 9.17) is 17.2 Å². The zero-order valence-corrected chi connectivity index (χ0v) is 8.14. The van der Waals surface area contributed by atoms with Gasteiger partial charge in [-0.15, -0.1) is 0 Å². The summed E-state index contributed by atoms with van der Waals surface area (Å²) in [5, 5.41) is 0. The molecule has 0 bridgehead atoms. The van der Waals surface area contributed by atoms with Crippen LogP contribution in [0.2, 0.25) is 0 Å². The summed E-state index contributed by atoms with van der Waals surface area (Å²) >= 11 is 0. The first-order chi connectivity index (χ1) is 7.18. The van der Waals surface area contributed by atoms with Crippen molar-refractivity contribution in [3.8, 4) is 11.1 Å². The number of rotatable bonds is 1. The van der Waals surface area contributed by atoms with E-state index in [0.29, 0.717) is 17.1 Å². The van der Waals surface area contributed by atoms with Crippen molar-refractivity contribution in [3.05, 3.63) is 36.7 Å². The number of hydrogen-bond acceptors (Lipinski definition) is 4. The van der Waals surface area contributed by atoms with E-state index in [1.54, 1.807) is 24.5 Å². The van der Waals surface area contributed by atoms with Crippen molar-refractivity contribution in [1.29, 1.82) is 0 Å². The number of benzene rings is 1. The second-order valence-electron chi connectivity index (χ2n) is 3.31. The van der Waals surface area contributed by atoms with E-state index in [1.807, 2.05) is 12.1 Å². The number of pyridine rings is 1. The Kier molecular flexibility index (Phi) is 2.17. The quantitative estimate of drug-likeness (QED) is 0.608. The van der Waals surface area contributed by atoms with E-state index in [9.17, 15) is 0 Å². The zero-order chi connectivity index (χ0) is 10.8. The Bertz CT molecular complexity index is 479. The second kappa shape index (κ2) is 3.49. The number of nitrogens with zero attached hydrogens (tertiary/aromatic N) is 1. The smallest absolute Gasteiger partial charge is 0.0628 e. The summed E-state index contributed by atoms with van der Waals surface area (Å²) in [6.07, 6.45) is 3.41. The van der Waals surface area contributed by atoms with Crippen LogP contribution in [0.4, 0.5) is 17.1 Å². The average Bonchev–Trinajstić information content (AvgIpc) is 2.24. The van der Waals surface area contributed by atoms with Gasteiger partial charge in [0.2, 0.25) is 0 Å². The molecule has 0 atom stereocenters. The lowest BCUT2D eigenvalue weighted by molar-refractivity contribution is 1.33. The second-order valence-corrected chi connectivity index (χ2v) is 3.31. The summed E-state index contributed by atoms with van der Waals surface area (Å²) in [4.78, 5) is 3.94. The molecule has 1 aromatic carbocycles. The van der Waals surface area contributed by atoms with Gasteiger partial charge in [0.25, 0.3) is 0 Å². The van der Waals surface area contributed by atoms with Gasteiger partial charge in [-0.25, -0.2) is 0 Å². The maximum Gasteiger partial charge on any atom is 0.0628 e. The predicted molar refractivity (Wildman–Crippen MR) is 62.9 cm³/mol. The molecule has 1 aromatic heterocycles. The van der Waals surface area contributed by atoms with Gasteiger partial charge in [0.1, 0.15) is 0 Å². The van der Waals surface area contributed by atoms with Gasteiger partial charge in [-0.05, 0) is 29.8 Å². The first kappa shape index (κ1) is 9.33. The number of nitrogens with two attached hydrogens (primary N) is 3. The number of anilines is 3. The third-order valence-electron chi connectivity index (χ3n) is 2.23. The lowest BCUT2D eigenvalue weighted by atomic mass is 10.0. The van der Waals surface area contributed by atoms with Gasteiger partial charge in [0.05, 0.1) is 11.4 Å². The molecule has 0 aliphatic heterocycles. The molecule has 4 heteroatoms. The largest absolute Gasteiger partial charge is 0.399 e. The Morgan fingerprint density at radius 3 is 2.27 bits per heavy atom. The summed E-state index contributed by atoms with van der Waals surface area (Å²) in [6.45, 7) is 0. The molecule has 2 aromatic rings. The van der Waals surface area contributed by atoms with Gasteiger partial charge < -0.3 is 17.2 Å². The monoisotopic (exact) mass is 200 g/mol. The third-order valence-corrected chi connectivity index (χ3v) is 2.23. The standard InChI is InChI=1S/C11H12N4/c12-8-5-9(11(14)10(13)6-8)7-1-3-15-4-2-7/h1-6H,12-14H2. The normalized spacial score (nSPS) is 10.1. The first-order valence-electron chi connectivity index (χ1n) is 4.53. The van der Waals surface area contributed by atoms with Crippen molar-refractivity contribution in [1.82, 2.24) is 4.98 Å². The molecule has 0 radical (unpaired) electrons. The predicted octanol–water partition coefficient (Wildman–Crippen LogP) is 1.50. The van der Waals surface area contributed by atoms with Crippen LogP contribution in [0.3, 0.4) is 0 Å². The van der Waals surface area contributed by atoms with Crippen LogP contribution in [0.15, 0.2) is 36.7 Å². The molecular formula is C11H12N4. The average molecular weight is 200 g/mol. The van der Waals surface area contributed by atoms with Crippen molar-refractivity contribution in [3.63, 3.8) is 0 Å². The summed E-state index contributed by atoms with van der Waals surface area (Å²) < 4.78 is 0. The molecule has 0 aliphatic carbocycles. The fourth-order valence-corrected chi connectivity index (χ4v) is 1.47. The van der Waals surface area contributed by atoms with E-state index in [-0.39, 0.29) is 0 Å². The van der Waals surface area contributed by atoms with Crippen molar-refractivity contribution in [2.45, 2.75) is 0 Å². The lowest BCUT2D eigenvalue weighted by Gasteiger charge is -2.09. The van der Waals surface area contributed by atoms with Gasteiger partial charge in [-0.2, -0.15) is 0 Å². The topological polar surface area (TPSA) is 91.0 Å². The van der Waals surface area contributed by atoms with Crippen LogP contribution in [0, 0.1) is 0 Å². The van der Waals surface area contributed by atoms with Crippen molar-refractivity contribution in [2.75, 3.05) is 17.2 Å². The minimum atomic E-state index is 0.502. The van der Waals surface area contributed by atoms with Crippen molar-refractivity contribution in [2.24, 2.45) is 0 Å². The lowest BCUT2D eigenvalue weighted by Crippen LogP contribution is -1.99. The maximum atomic E-state index is 5.88. The van der Waals surface area contributed by atoms with Gasteiger partial charge >= 0.3 is 0 Å². The van der Waals surface area contributed by atoms with E-state index in [1.165, 1.54) is 0 Å². The maximum absolute atomic E-state index is 5.88. The number of nitrogen functional groups attached to an aromatic ring is 3. The van der Waals surface area contributed by atoms with E-state index in [0.717, 1.165) is 11.1 Å². The molecule has 1 heterocycles. The van der Waals surface area contributed by atoms with Crippen LogP contribution in [0.1, 0.15) is 0 Å². The minimum absolute atomic E-state index is 0.502. The van der Waals surface area contributed by atoms with Crippen LogP contribution in [-0.4, -0.2) is 4.98 Å². The van der Waals surface area contributed by atoms with Gasteiger partial charge in [-0.1, -0.05) is 0 Å². The van der Waals surface area contributed by atoms with Gasteiger partial charge in [0.15, 0.2) is 0 Å². The summed E-state index contributed by atoms with van der Waals surface area (Å²) in [7, 11) is 0. The van der Waals surface area contributed by atoms with Crippen molar-refractivity contribution < 1.29 is 0 Å². The first-order valence-corrected chi connectivity index (χ1v) is 4.53. The Morgan fingerprint density at radius 2 is 1.60 bits per heavy atom. The van der Waals surface area contributed by atoms with Gasteiger partial charge in [-0.3, -0.25) is 4.98 Å². The van der Waals surface area contributed by atoms with E-state index in [2.05, 4.69) is 4.98 Å². The number of aromatic nitrogens is 1. The summed E-state index contributed by atoms with van der Waals surface area (Å²) in [5.74, 6) is 0. The molecular weight excluding hydrogens is 188 g/mol. The SMILES string of the molecule is Nc1cc(N)c(N)c(-c2ccncc2)c1. The Hall–Kier alpha value is -2.23. The Morgan fingerprint density at radius 1 is 0.933 bits per heavy atom.